The van der Waals surface area contributed by atoms with Gasteiger partial charge in [0.2, 0.25) is 0 Å². The van der Waals surface area contributed by atoms with Crippen molar-refractivity contribution in [3.63, 3.8) is 0 Å². The van der Waals surface area contributed by atoms with Crippen LogP contribution in [0.3, 0.4) is 0 Å². The molecule has 0 bridgehead atoms. The highest BCUT2D eigenvalue weighted by molar-refractivity contribution is 6.31. The first-order valence-electron chi connectivity index (χ1n) is 9.51. The van der Waals surface area contributed by atoms with E-state index in [0.29, 0.717) is 27.8 Å². The Morgan fingerprint density at radius 2 is 1.90 bits per heavy atom. The normalized spacial score (nSPS) is 11.6. The summed E-state index contributed by atoms with van der Waals surface area (Å²) in [6.07, 6.45) is 0.828. The number of halogens is 1. The fraction of sp³-hybridized carbons (Fsp3) is 0.227. The zero-order valence-electron chi connectivity index (χ0n) is 16.6. The molecule has 0 aliphatic rings. The van der Waals surface area contributed by atoms with Crippen molar-refractivity contribution in [3.05, 3.63) is 76.6 Å². The Morgan fingerprint density at radius 3 is 2.60 bits per heavy atom. The molecule has 0 saturated heterocycles. The van der Waals surface area contributed by atoms with Crippen LogP contribution < -0.4 is 15.4 Å². The molecule has 3 rings (SSSR count). The Kier molecular flexibility index (Phi) is 7.08. The van der Waals surface area contributed by atoms with Crippen molar-refractivity contribution in [2.45, 2.75) is 32.9 Å². The SMILES string of the molecule is CC[C@H](C)NC(=O)c1cc(COc2ccc(NC(=O)c3cccc(Cl)c3)cc2)on1. The summed E-state index contributed by atoms with van der Waals surface area (Å²) in [6, 6.07) is 15.2. The van der Waals surface area contributed by atoms with Gasteiger partial charge in [-0.15, -0.1) is 0 Å². The van der Waals surface area contributed by atoms with Gasteiger partial charge in [-0.25, -0.2) is 0 Å². The van der Waals surface area contributed by atoms with E-state index >= 15 is 0 Å². The maximum Gasteiger partial charge on any atom is 0.273 e. The summed E-state index contributed by atoms with van der Waals surface area (Å²) in [4.78, 5) is 24.3. The minimum absolute atomic E-state index is 0.0618. The lowest BCUT2D eigenvalue weighted by Crippen LogP contribution is -2.32. The molecule has 0 radical (unpaired) electrons. The van der Waals surface area contributed by atoms with Crippen LogP contribution >= 0.6 is 11.6 Å². The van der Waals surface area contributed by atoms with Crippen LogP contribution in [0.4, 0.5) is 5.69 Å². The minimum Gasteiger partial charge on any atom is -0.486 e. The zero-order chi connectivity index (χ0) is 21.5. The van der Waals surface area contributed by atoms with E-state index in [4.69, 9.17) is 20.9 Å². The van der Waals surface area contributed by atoms with Crippen LogP contribution in [0.2, 0.25) is 5.02 Å². The molecular weight excluding hydrogens is 406 g/mol. The lowest BCUT2D eigenvalue weighted by atomic mass is 10.2. The number of amides is 2. The lowest BCUT2D eigenvalue weighted by molar-refractivity contribution is 0.0929. The standard InChI is InChI=1S/C22H22ClN3O4/c1-3-14(2)24-22(28)20-12-19(30-26-20)13-29-18-9-7-17(8-10-18)25-21(27)15-5-4-6-16(23)11-15/h4-12,14H,3,13H2,1-2H3,(H,24,28)(H,25,27)/t14-/m0/s1. The Balaban J connectivity index is 1.52. The molecule has 3 aromatic rings. The highest BCUT2D eigenvalue weighted by Crippen LogP contribution is 2.19. The van der Waals surface area contributed by atoms with Crippen LogP contribution in [-0.2, 0) is 6.61 Å². The maximum atomic E-state index is 12.3. The van der Waals surface area contributed by atoms with Crippen LogP contribution in [0.1, 0.15) is 46.9 Å². The molecule has 30 heavy (non-hydrogen) atoms. The van der Waals surface area contributed by atoms with Gasteiger partial charge in [0.1, 0.15) is 12.4 Å². The number of rotatable bonds is 8. The van der Waals surface area contributed by atoms with Crippen LogP contribution in [0.5, 0.6) is 5.75 Å². The summed E-state index contributed by atoms with van der Waals surface area (Å²) in [7, 11) is 0. The van der Waals surface area contributed by atoms with E-state index in [1.165, 1.54) is 0 Å². The average Bonchev–Trinajstić information content (AvgIpc) is 3.22. The van der Waals surface area contributed by atoms with E-state index < -0.39 is 0 Å². The molecule has 8 heteroatoms. The summed E-state index contributed by atoms with van der Waals surface area (Å²) in [5.41, 5.74) is 1.31. The monoisotopic (exact) mass is 427 g/mol. The van der Waals surface area contributed by atoms with Gasteiger partial charge in [-0.2, -0.15) is 0 Å². The summed E-state index contributed by atoms with van der Waals surface area (Å²) >= 11 is 5.91. The van der Waals surface area contributed by atoms with Gasteiger partial charge in [0.25, 0.3) is 11.8 Å². The van der Waals surface area contributed by atoms with E-state index in [0.717, 1.165) is 6.42 Å². The van der Waals surface area contributed by atoms with Crippen LogP contribution in [-0.4, -0.2) is 23.0 Å². The molecule has 1 atom stereocenters. The number of nitrogens with zero attached hydrogens (tertiary/aromatic N) is 1. The van der Waals surface area contributed by atoms with Crippen molar-refractivity contribution in [3.8, 4) is 5.75 Å². The van der Waals surface area contributed by atoms with Gasteiger partial charge in [0, 0.05) is 28.4 Å². The second-order valence-electron chi connectivity index (χ2n) is 6.74. The van der Waals surface area contributed by atoms with E-state index in [9.17, 15) is 9.59 Å². The lowest BCUT2D eigenvalue weighted by Gasteiger charge is -2.08. The molecule has 2 N–H and O–H groups in total. The number of nitrogens with one attached hydrogen (secondary N) is 2. The highest BCUT2D eigenvalue weighted by atomic mass is 35.5. The number of anilines is 1. The molecule has 0 aliphatic heterocycles. The minimum atomic E-state index is -0.279. The molecule has 0 fully saturated rings. The summed E-state index contributed by atoms with van der Waals surface area (Å²) in [5, 5.41) is 9.89. The van der Waals surface area contributed by atoms with Gasteiger partial charge >= 0.3 is 0 Å². The number of carbonyl (C=O) groups excluding carboxylic acids is 2. The number of aromatic nitrogens is 1. The van der Waals surface area contributed by atoms with Gasteiger partial charge in [0.15, 0.2) is 11.5 Å². The Bertz CT molecular complexity index is 1020. The molecule has 1 heterocycles. The molecule has 0 saturated carbocycles. The molecule has 7 nitrogen and oxygen atoms in total. The van der Waals surface area contributed by atoms with Crippen molar-refractivity contribution in [1.82, 2.24) is 10.5 Å². The predicted octanol–water partition coefficient (Wildman–Crippen LogP) is 4.69. The number of hydrogen-bond donors (Lipinski definition) is 2. The Morgan fingerprint density at radius 1 is 1.13 bits per heavy atom. The quantitative estimate of drug-likeness (QED) is 0.544. The third kappa shape index (κ3) is 5.84. The molecule has 0 unspecified atom stereocenters. The number of benzene rings is 2. The first-order valence-corrected chi connectivity index (χ1v) is 9.88. The van der Waals surface area contributed by atoms with Crippen LogP contribution in [0.15, 0.2) is 59.1 Å². The van der Waals surface area contributed by atoms with Crippen molar-refractivity contribution in [1.29, 1.82) is 0 Å². The Hall–Kier alpha value is -3.32. The van der Waals surface area contributed by atoms with E-state index in [-0.39, 0.29) is 30.2 Å². The smallest absolute Gasteiger partial charge is 0.273 e. The van der Waals surface area contributed by atoms with Gasteiger partial charge in [-0.3, -0.25) is 9.59 Å². The van der Waals surface area contributed by atoms with Gasteiger partial charge in [-0.05, 0) is 55.8 Å². The fourth-order valence-electron chi connectivity index (χ4n) is 2.51. The van der Waals surface area contributed by atoms with Crippen molar-refractivity contribution in [2.75, 3.05) is 5.32 Å². The van der Waals surface area contributed by atoms with Crippen LogP contribution in [0, 0.1) is 0 Å². The molecule has 0 spiro atoms. The first-order chi connectivity index (χ1) is 14.4. The molecule has 1 aromatic heterocycles. The molecular formula is C22H22ClN3O4. The molecule has 2 aromatic carbocycles. The Labute approximate surface area is 179 Å². The average molecular weight is 428 g/mol. The number of ether oxygens (including phenoxy) is 1. The van der Waals surface area contributed by atoms with Crippen LogP contribution in [0.25, 0.3) is 0 Å². The summed E-state index contributed by atoms with van der Waals surface area (Å²) in [6.45, 7) is 4.03. The molecule has 2 amide bonds. The van der Waals surface area contributed by atoms with Crippen molar-refractivity contribution >= 4 is 29.1 Å². The molecule has 156 valence electrons. The van der Waals surface area contributed by atoms with Crippen molar-refractivity contribution in [2.24, 2.45) is 0 Å². The first kappa shape index (κ1) is 21.4. The van der Waals surface area contributed by atoms with Gasteiger partial charge in [0.05, 0.1) is 0 Å². The highest BCUT2D eigenvalue weighted by Gasteiger charge is 2.14. The van der Waals surface area contributed by atoms with Gasteiger partial charge in [-0.1, -0.05) is 29.7 Å². The van der Waals surface area contributed by atoms with Crippen molar-refractivity contribution < 1.29 is 18.8 Å². The largest absolute Gasteiger partial charge is 0.486 e. The fourth-order valence-corrected chi connectivity index (χ4v) is 2.70. The van der Waals surface area contributed by atoms with E-state index in [1.807, 2.05) is 13.8 Å². The molecule has 0 aliphatic carbocycles. The third-order valence-electron chi connectivity index (χ3n) is 4.36. The van der Waals surface area contributed by atoms with E-state index in [2.05, 4.69) is 15.8 Å². The zero-order valence-corrected chi connectivity index (χ0v) is 17.4. The predicted molar refractivity (Wildman–Crippen MR) is 114 cm³/mol. The summed E-state index contributed by atoms with van der Waals surface area (Å²) < 4.78 is 10.8. The summed E-state index contributed by atoms with van der Waals surface area (Å²) in [5.74, 6) is 0.482. The number of hydrogen-bond acceptors (Lipinski definition) is 5. The van der Waals surface area contributed by atoms with Gasteiger partial charge < -0.3 is 19.9 Å². The second kappa shape index (κ2) is 9.93. The third-order valence-corrected chi connectivity index (χ3v) is 4.60. The topological polar surface area (TPSA) is 93.5 Å². The maximum absolute atomic E-state index is 12.3. The number of carbonyl (C=O) groups is 2. The second-order valence-corrected chi connectivity index (χ2v) is 7.18. The van der Waals surface area contributed by atoms with E-state index in [1.54, 1.807) is 54.6 Å².